The van der Waals surface area contributed by atoms with Crippen LogP contribution in [-0.2, 0) is 9.53 Å². The van der Waals surface area contributed by atoms with Crippen LogP contribution >= 0.6 is 15.9 Å². The second-order valence-corrected chi connectivity index (χ2v) is 6.67. The summed E-state index contributed by atoms with van der Waals surface area (Å²) in [7, 11) is 1.31. The lowest BCUT2D eigenvalue weighted by molar-refractivity contribution is -0.144. The molecular formula is C17H20BrN3O3. The summed E-state index contributed by atoms with van der Waals surface area (Å²) in [5.74, 6) is -0.889. The van der Waals surface area contributed by atoms with Gasteiger partial charge >= 0.3 is 5.97 Å². The molecule has 0 spiro atoms. The van der Waals surface area contributed by atoms with Crippen LogP contribution in [0.3, 0.4) is 0 Å². The van der Waals surface area contributed by atoms with E-state index < -0.39 is 12.0 Å². The van der Waals surface area contributed by atoms with Crippen LogP contribution in [0.2, 0.25) is 0 Å². The van der Waals surface area contributed by atoms with E-state index in [-0.39, 0.29) is 11.8 Å². The molecule has 1 N–H and O–H groups in total. The van der Waals surface area contributed by atoms with Crippen molar-refractivity contribution in [2.45, 2.75) is 26.8 Å². The summed E-state index contributed by atoms with van der Waals surface area (Å²) in [5, 5.41) is 7.00. The topological polar surface area (TPSA) is 73.2 Å². The van der Waals surface area contributed by atoms with Crippen LogP contribution in [0.1, 0.15) is 29.9 Å². The highest BCUT2D eigenvalue weighted by atomic mass is 79.9. The van der Waals surface area contributed by atoms with Gasteiger partial charge in [-0.3, -0.25) is 4.79 Å². The average molecular weight is 394 g/mol. The lowest BCUT2D eigenvalue weighted by Crippen LogP contribution is -2.45. The summed E-state index contributed by atoms with van der Waals surface area (Å²) in [5.41, 5.74) is 1.97. The lowest BCUT2D eigenvalue weighted by atomic mass is 10.0. The molecule has 2 rings (SSSR count). The van der Waals surface area contributed by atoms with Crippen molar-refractivity contribution in [2.24, 2.45) is 5.92 Å². The SMILES string of the molecule is COC(=O)[C@@H](NC(=O)c1cnn(-c2ccc(Br)cc2)c1C)C(C)C. The molecule has 1 aromatic heterocycles. The number of nitrogens with one attached hydrogen (secondary N) is 1. The summed E-state index contributed by atoms with van der Waals surface area (Å²) in [6.07, 6.45) is 1.50. The Bertz CT molecular complexity index is 738. The molecule has 0 aliphatic carbocycles. The summed E-state index contributed by atoms with van der Waals surface area (Å²) < 4.78 is 7.40. The lowest BCUT2D eigenvalue weighted by Gasteiger charge is -2.19. The minimum absolute atomic E-state index is 0.0803. The van der Waals surface area contributed by atoms with Crippen molar-refractivity contribution in [3.05, 3.63) is 46.2 Å². The van der Waals surface area contributed by atoms with Crippen molar-refractivity contribution in [2.75, 3.05) is 7.11 Å². The van der Waals surface area contributed by atoms with Crippen LogP contribution in [0.4, 0.5) is 0 Å². The maximum Gasteiger partial charge on any atom is 0.328 e. The first-order chi connectivity index (χ1) is 11.3. The van der Waals surface area contributed by atoms with Crippen molar-refractivity contribution in [3.8, 4) is 5.69 Å². The number of methoxy groups -OCH3 is 1. The van der Waals surface area contributed by atoms with E-state index in [9.17, 15) is 9.59 Å². The molecule has 2 aromatic rings. The van der Waals surface area contributed by atoms with Crippen molar-refractivity contribution in [1.29, 1.82) is 0 Å². The van der Waals surface area contributed by atoms with Crippen molar-refractivity contribution >= 4 is 27.8 Å². The number of carbonyl (C=O) groups is 2. The highest BCUT2D eigenvalue weighted by molar-refractivity contribution is 9.10. The van der Waals surface area contributed by atoms with Gasteiger partial charge in [-0.25, -0.2) is 9.48 Å². The Balaban J connectivity index is 2.25. The largest absolute Gasteiger partial charge is 0.467 e. The Morgan fingerprint density at radius 1 is 1.25 bits per heavy atom. The molecule has 0 aliphatic rings. The standard InChI is InChI=1S/C17H20BrN3O3/c1-10(2)15(17(23)24-4)20-16(22)14-9-19-21(11(14)3)13-7-5-12(18)6-8-13/h5-10,15H,1-4H3,(H,20,22)/t15-/m0/s1. The van der Waals surface area contributed by atoms with E-state index in [0.717, 1.165) is 10.2 Å². The highest BCUT2D eigenvalue weighted by Gasteiger charge is 2.26. The molecule has 1 heterocycles. The second-order valence-electron chi connectivity index (χ2n) is 5.75. The zero-order valence-corrected chi connectivity index (χ0v) is 15.6. The fourth-order valence-corrected chi connectivity index (χ4v) is 2.58. The first kappa shape index (κ1) is 18.2. The normalized spacial score (nSPS) is 12.1. The number of aromatic nitrogens is 2. The molecule has 6 nitrogen and oxygen atoms in total. The third-order valence-corrected chi connectivity index (χ3v) is 4.26. The van der Waals surface area contributed by atoms with E-state index in [4.69, 9.17) is 4.74 Å². The molecule has 0 fully saturated rings. The van der Waals surface area contributed by atoms with E-state index in [1.54, 1.807) is 4.68 Å². The first-order valence-electron chi connectivity index (χ1n) is 7.54. The third kappa shape index (κ3) is 3.84. The fourth-order valence-electron chi connectivity index (χ4n) is 2.32. The first-order valence-corrected chi connectivity index (χ1v) is 8.33. The highest BCUT2D eigenvalue weighted by Crippen LogP contribution is 2.17. The number of carbonyl (C=O) groups excluding carboxylic acids is 2. The van der Waals surface area contributed by atoms with Gasteiger partial charge in [-0.2, -0.15) is 5.10 Å². The number of rotatable bonds is 5. The summed E-state index contributed by atoms with van der Waals surface area (Å²) >= 11 is 3.39. The number of halogens is 1. The molecule has 0 bridgehead atoms. The Kier molecular flexibility index (Phi) is 5.77. The number of amides is 1. The van der Waals surface area contributed by atoms with E-state index in [1.807, 2.05) is 45.0 Å². The molecule has 7 heteroatoms. The zero-order chi connectivity index (χ0) is 17.9. The number of nitrogens with zero attached hydrogens (tertiary/aromatic N) is 2. The average Bonchev–Trinajstić information content (AvgIpc) is 2.94. The minimum Gasteiger partial charge on any atom is -0.467 e. The van der Waals surface area contributed by atoms with Gasteiger partial charge in [0.25, 0.3) is 5.91 Å². The molecule has 0 radical (unpaired) electrons. The van der Waals surface area contributed by atoms with Crippen LogP contribution in [0.25, 0.3) is 5.69 Å². The second kappa shape index (κ2) is 7.61. The summed E-state index contributed by atoms with van der Waals surface area (Å²) in [6.45, 7) is 5.51. The summed E-state index contributed by atoms with van der Waals surface area (Å²) in [6, 6.07) is 6.91. The molecule has 0 unspecified atom stereocenters. The number of hydrogen-bond donors (Lipinski definition) is 1. The molecule has 128 valence electrons. The van der Waals surface area contributed by atoms with E-state index in [1.165, 1.54) is 13.3 Å². The number of esters is 1. The monoisotopic (exact) mass is 393 g/mol. The predicted molar refractivity (Wildman–Crippen MR) is 94.1 cm³/mol. The van der Waals surface area contributed by atoms with Gasteiger partial charge < -0.3 is 10.1 Å². The van der Waals surface area contributed by atoms with Gasteiger partial charge in [0.05, 0.1) is 30.3 Å². The minimum atomic E-state index is -0.696. The third-order valence-electron chi connectivity index (χ3n) is 3.73. The number of hydrogen-bond acceptors (Lipinski definition) is 4. The smallest absolute Gasteiger partial charge is 0.328 e. The molecule has 24 heavy (non-hydrogen) atoms. The van der Waals surface area contributed by atoms with Crippen LogP contribution < -0.4 is 5.32 Å². The molecular weight excluding hydrogens is 374 g/mol. The summed E-state index contributed by atoms with van der Waals surface area (Å²) in [4.78, 5) is 24.3. The molecule has 1 atom stereocenters. The zero-order valence-electron chi connectivity index (χ0n) is 14.0. The molecule has 0 saturated carbocycles. The van der Waals surface area contributed by atoms with E-state index in [2.05, 4.69) is 26.3 Å². The molecule has 0 aliphatic heterocycles. The van der Waals surface area contributed by atoms with Gasteiger partial charge in [-0.15, -0.1) is 0 Å². The maximum absolute atomic E-state index is 12.5. The van der Waals surface area contributed by atoms with Crippen LogP contribution in [0.15, 0.2) is 34.9 Å². The maximum atomic E-state index is 12.5. The van der Waals surface area contributed by atoms with Crippen molar-refractivity contribution in [3.63, 3.8) is 0 Å². The van der Waals surface area contributed by atoms with Gasteiger partial charge in [0.1, 0.15) is 6.04 Å². The van der Waals surface area contributed by atoms with Crippen LogP contribution in [0.5, 0.6) is 0 Å². The number of ether oxygens (including phenoxy) is 1. The van der Waals surface area contributed by atoms with Gasteiger partial charge in [0.15, 0.2) is 0 Å². The Labute approximate surface area is 149 Å². The molecule has 1 amide bonds. The van der Waals surface area contributed by atoms with Gasteiger partial charge in [-0.1, -0.05) is 29.8 Å². The Hall–Kier alpha value is -2.15. The van der Waals surface area contributed by atoms with E-state index >= 15 is 0 Å². The molecule has 0 saturated heterocycles. The van der Waals surface area contributed by atoms with Crippen molar-refractivity contribution < 1.29 is 14.3 Å². The van der Waals surface area contributed by atoms with Gasteiger partial charge in [0, 0.05) is 4.47 Å². The van der Waals surface area contributed by atoms with Gasteiger partial charge in [0.2, 0.25) is 0 Å². The Morgan fingerprint density at radius 3 is 2.42 bits per heavy atom. The van der Waals surface area contributed by atoms with Crippen LogP contribution in [-0.4, -0.2) is 34.8 Å². The quantitative estimate of drug-likeness (QED) is 0.792. The predicted octanol–water partition coefficient (Wildman–Crippen LogP) is 2.87. The van der Waals surface area contributed by atoms with E-state index in [0.29, 0.717) is 11.3 Å². The Morgan fingerprint density at radius 2 is 1.88 bits per heavy atom. The number of benzene rings is 1. The fraction of sp³-hybridized carbons (Fsp3) is 0.353. The van der Waals surface area contributed by atoms with Crippen LogP contribution in [0, 0.1) is 12.8 Å². The van der Waals surface area contributed by atoms with Gasteiger partial charge in [-0.05, 0) is 37.1 Å². The molecule has 1 aromatic carbocycles. The van der Waals surface area contributed by atoms with Crippen molar-refractivity contribution in [1.82, 2.24) is 15.1 Å².